The third-order valence-electron chi connectivity index (χ3n) is 5.42. The van der Waals surface area contributed by atoms with E-state index in [1.165, 1.54) is 54.6 Å². The molecule has 0 aliphatic heterocycles. The topological polar surface area (TPSA) is 69.4 Å². The summed E-state index contributed by atoms with van der Waals surface area (Å²) in [6.07, 6.45) is 3.52. The summed E-state index contributed by atoms with van der Waals surface area (Å²) in [5.41, 5.74) is 0.671. The number of esters is 1. The number of hydrogen-bond donors (Lipinski definition) is 0. The average molecular weight is 421 g/mol. The Morgan fingerprint density at radius 1 is 1.00 bits per heavy atom. The molecule has 0 amide bonds. The Morgan fingerprint density at radius 3 is 2.10 bits per heavy atom. The highest BCUT2D eigenvalue weighted by atomic mass is 19.1. The van der Waals surface area contributed by atoms with Gasteiger partial charge in [-0.3, -0.25) is 10.1 Å². The number of nitro groups is 1. The maximum atomic E-state index is 13.9. The first-order valence-electron chi connectivity index (χ1n) is 9.55. The van der Waals surface area contributed by atoms with E-state index in [1.807, 2.05) is 0 Å². The Labute approximate surface area is 176 Å². The second-order valence-electron chi connectivity index (χ2n) is 7.33. The fraction of sp³-hybridized carbons (Fsp3) is 0.125. The Balaban J connectivity index is 1.54. The van der Waals surface area contributed by atoms with Gasteiger partial charge in [0.05, 0.1) is 4.92 Å². The first kappa shape index (κ1) is 20.4. The number of nitrogens with zero attached hydrogens (tertiary/aromatic N) is 1. The number of rotatable bonds is 6. The lowest BCUT2D eigenvalue weighted by atomic mass is 9.85. The van der Waals surface area contributed by atoms with Gasteiger partial charge in [-0.15, -0.1) is 0 Å². The van der Waals surface area contributed by atoms with Crippen LogP contribution >= 0.6 is 0 Å². The molecule has 0 radical (unpaired) electrons. The van der Waals surface area contributed by atoms with Gasteiger partial charge in [-0.1, -0.05) is 30.3 Å². The molecule has 31 heavy (non-hydrogen) atoms. The summed E-state index contributed by atoms with van der Waals surface area (Å²) in [4.78, 5) is 22.3. The molecule has 0 bridgehead atoms. The summed E-state index contributed by atoms with van der Waals surface area (Å²) < 4.78 is 32.9. The van der Waals surface area contributed by atoms with Crippen LogP contribution in [0.1, 0.15) is 17.5 Å². The highest BCUT2D eigenvalue weighted by Crippen LogP contribution is 2.59. The van der Waals surface area contributed by atoms with Crippen LogP contribution in [0.2, 0.25) is 0 Å². The third-order valence-corrected chi connectivity index (χ3v) is 5.42. The van der Waals surface area contributed by atoms with Gasteiger partial charge in [0.1, 0.15) is 17.4 Å². The van der Waals surface area contributed by atoms with Crippen molar-refractivity contribution in [2.45, 2.75) is 11.8 Å². The second kappa shape index (κ2) is 8.10. The largest absolute Gasteiger partial charge is 0.423 e. The van der Waals surface area contributed by atoms with E-state index in [2.05, 4.69) is 0 Å². The monoisotopic (exact) mass is 421 g/mol. The van der Waals surface area contributed by atoms with Gasteiger partial charge in [0.25, 0.3) is 5.69 Å². The molecular formula is C24H17F2NO4. The van der Waals surface area contributed by atoms with Crippen molar-refractivity contribution < 1.29 is 23.2 Å². The zero-order chi connectivity index (χ0) is 22.0. The Kier molecular flexibility index (Phi) is 5.33. The number of nitro benzene ring substituents is 1. The van der Waals surface area contributed by atoms with Crippen molar-refractivity contribution in [1.29, 1.82) is 0 Å². The number of ether oxygens (including phenoxy) is 1. The number of non-ortho nitro benzene ring substituents is 1. The van der Waals surface area contributed by atoms with Crippen molar-refractivity contribution in [1.82, 2.24) is 0 Å². The average Bonchev–Trinajstić information content (AvgIpc) is 3.48. The SMILES string of the molecule is O=C(/C=C/C1CC1(c1cccc(F)c1)c1cccc(F)c1)Oc1ccc([N+](=O)[O-])cc1. The number of carbonyl (C=O) groups is 1. The van der Waals surface area contributed by atoms with Crippen molar-refractivity contribution in [3.8, 4) is 5.75 Å². The predicted octanol–water partition coefficient (Wildman–Crippen LogP) is 5.34. The molecule has 4 rings (SSSR count). The van der Waals surface area contributed by atoms with Gasteiger partial charge in [-0.2, -0.15) is 0 Å². The number of halogens is 2. The van der Waals surface area contributed by atoms with E-state index in [9.17, 15) is 23.7 Å². The van der Waals surface area contributed by atoms with E-state index < -0.39 is 16.3 Å². The molecule has 156 valence electrons. The molecule has 1 aliphatic rings. The van der Waals surface area contributed by atoms with Crippen LogP contribution in [0.3, 0.4) is 0 Å². The van der Waals surface area contributed by atoms with E-state index in [1.54, 1.807) is 30.3 Å². The summed E-state index contributed by atoms with van der Waals surface area (Å²) in [6.45, 7) is 0. The summed E-state index contributed by atoms with van der Waals surface area (Å²) in [6, 6.07) is 17.5. The molecule has 0 spiro atoms. The quantitative estimate of drug-likeness (QED) is 0.177. The maximum absolute atomic E-state index is 13.9. The van der Waals surface area contributed by atoms with E-state index in [0.29, 0.717) is 17.5 Å². The van der Waals surface area contributed by atoms with E-state index in [0.717, 1.165) is 0 Å². The summed E-state index contributed by atoms with van der Waals surface area (Å²) in [7, 11) is 0. The van der Waals surface area contributed by atoms with Gasteiger partial charge in [0.2, 0.25) is 0 Å². The standard InChI is InChI=1S/C24H17F2NO4/c25-19-5-1-3-16(13-19)24(17-4-2-6-20(26)14-17)15-18(24)7-12-23(28)31-22-10-8-21(9-11-22)27(29)30/h1-14,18H,15H2/b12-7+. The molecule has 3 aromatic carbocycles. The highest BCUT2D eigenvalue weighted by molar-refractivity contribution is 5.84. The minimum absolute atomic E-state index is 0.108. The number of allylic oxidation sites excluding steroid dienone is 1. The lowest BCUT2D eigenvalue weighted by molar-refractivity contribution is -0.384. The van der Waals surface area contributed by atoms with Gasteiger partial charge in [-0.25, -0.2) is 13.6 Å². The number of benzene rings is 3. The van der Waals surface area contributed by atoms with Crippen LogP contribution in [0.4, 0.5) is 14.5 Å². The van der Waals surface area contributed by atoms with Gasteiger partial charge in [0.15, 0.2) is 0 Å². The van der Waals surface area contributed by atoms with Crippen LogP contribution in [0.15, 0.2) is 84.9 Å². The van der Waals surface area contributed by atoms with Crippen LogP contribution in [0.25, 0.3) is 0 Å². The van der Waals surface area contributed by atoms with E-state index in [4.69, 9.17) is 4.74 Å². The molecule has 1 saturated carbocycles. The maximum Gasteiger partial charge on any atom is 0.335 e. The molecular weight excluding hydrogens is 404 g/mol. The van der Waals surface area contributed by atoms with Gasteiger partial charge in [0, 0.05) is 23.6 Å². The van der Waals surface area contributed by atoms with Gasteiger partial charge >= 0.3 is 5.97 Å². The Bertz CT molecular complexity index is 1130. The summed E-state index contributed by atoms with van der Waals surface area (Å²) in [5.74, 6) is -1.40. The summed E-state index contributed by atoms with van der Waals surface area (Å²) >= 11 is 0. The lowest BCUT2D eigenvalue weighted by Gasteiger charge is -2.18. The lowest BCUT2D eigenvalue weighted by Crippen LogP contribution is -2.13. The first-order chi connectivity index (χ1) is 14.9. The van der Waals surface area contributed by atoms with Crippen LogP contribution in [-0.4, -0.2) is 10.9 Å². The van der Waals surface area contributed by atoms with Crippen molar-refractivity contribution in [2.24, 2.45) is 5.92 Å². The molecule has 0 heterocycles. The minimum Gasteiger partial charge on any atom is -0.423 e. The van der Waals surface area contributed by atoms with Crippen LogP contribution in [-0.2, 0) is 10.2 Å². The molecule has 5 nitrogen and oxygen atoms in total. The van der Waals surface area contributed by atoms with Gasteiger partial charge in [-0.05, 0) is 59.9 Å². The molecule has 7 heteroatoms. The highest BCUT2D eigenvalue weighted by Gasteiger charge is 2.55. The zero-order valence-electron chi connectivity index (χ0n) is 16.2. The molecule has 1 aliphatic carbocycles. The van der Waals surface area contributed by atoms with E-state index >= 15 is 0 Å². The molecule has 1 atom stereocenters. The normalized spacial score (nSPS) is 16.8. The van der Waals surface area contributed by atoms with Crippen LogP contribution < -0.4 is 4.74 Å². The van der Waals surface area contributed by atoms with Crippen LogP contribution in [0.5, 0.6) is 5.75 Å². The molecule has 0 N–H and O–H groups in total. The number of hydrogen-bond acceptors (Lipinski definition) is 4. The van der Waals surface area contributed by atoms with Crippen LogP contribution in [0, 0.1) is 27.7 Å². The zero-order valence-corrected chi connectivity index (χ0v) is 16.2. The molecule has 0 aromatic heterocycles. The smallest absolute Gasteiger partial charge is 0.335 e. The first-order valence-corrected chi connectivity index (χ1v) is 9.55. The minimum atomic E-state index is -0.645. The Hall–Kier alpha value is -3.87. The molecule has 0 saturated heterocycles. The molecule has 3 aromatic rings. The predicted molar refractivity (Wildman–Crippen MR) is 110 cm³/mol. The fourth-order valence-corrected chi connectivity index (χ4v) is 3.86. The third kappa shape index (κ3) is 4.21. The van der Waals surface area contributed by atoms with Crippen molar-refractivity contribution in [3.05, 3.63) is 118 Å². The van der Waals surface area contributed by atoms with Crippen molar-refractivity contribution in [2.75, 3.05) is 0 Å². The molecule has 1 fully saturated rings. The number of carbonyl (C=O) groups excluding carboxylic acids is 1. The van der Waals surface area contributed by atoms with Crippen molar-refractivity contribution in [3.63, 3.8) is 0 Å². The fourth-order valence-electron chi connectivity index (χ4n) is 3.86. The van der Waals surface area contributed by atoms with E-state index in [-0.39, 0.29) is 29.0 Å². The Morgan fingerprint density at radius 2 is 1.58 bits per heavy atom. The summed E-state index contributed by atoms with van der Waals surface area (Å²) in [5, 5.41) is 10.7. The van der Waals surface area contributed by atoms with Crippen molar-refractivity contribution >= 4 is 11.7 Å². The second-order valence-corrected chi connectivity index (χ2v) is 7.33. The van der Waals surface area contributed by atoms with Gasteiger partial charge < -0.3 is 4.74 Å². The molecule has 1 unspecified atom stereocenters.